The van der Waals surface area contributed by atoms with E-state index in [1.54, 1.807) is 28.9 Å². The quantitative estimate of drug-likeness (QED) is 0.753. The Bertz CT molecular complexity index is 1120. The maximum Gasteiger partial charge on any atom is 0.285 e. The van der Waals surface area contributed by atoms with Crippen LogP contribution in [0.25, 0.3) is 0 Å². The fourth-order valence-electron chi connectivity index (χ4n) is 3.87. The molecule has 0 radical (unpaired) electrons. The fourth-order valence-corrected chi connectivity index (χ4v) is 5.10. The van der Waals surface area contributed by atoms with Gasteiger partial charge in [-0.2, -0.15) is 13.5 Å². The highest BCUT2D eigenvalue weighted by Gasteiger charge is 2.33. The number of rotatable bonds is 2. The number of likely N-dealkylation sites (tertiary alicyclic amines) is 1. The SMILES string of the molecule is CC(C)(C)c1ccc(=O)n(CC2CCN(C3=NS(=O)(=O)c4ccccc43)CC2)n1. The topological polar surface area (TPSA) is 84.6 Å². The minimum absolute atomic E-state index is 0.0828. The highest BCUT2D eigenvalue weighted by molar-refractivity contribution is 7.90. The average molecular weight is 415 g/mol. The molecule has 0 bridgehead atoms. The Kier molecular flexibility index (Phi) is 4.85. The molecular weight excluding hydrogens is 388 g/mol. The van der Waals surface area contributed by atoms with E-state index in [1.165, 1.54) is 0 Å². The molecular formula is C21H26N4O3S. The van der Waals surface area contributed by atoms with E-state index >= 15 is 0 Å². The number of benzene rings is 1. The van der Waals surface area contributed by atoms with Gasteiger partial charge in [0.05, 0.1) is 5.69 Å². The summed E-state index contributed by atoms with van der Waals surface area (Å²) >= 11 is 0. The van der Waals surface area contributed by atoms with Crippen LogP contribution in [0, 0.1) is 5.92 Å². The fraction of sp³-hybridized carbons (Fsp3) is 0.476. The number of hydrogen-bond acceptors (Lipinski definition) is 5. The van der Waals surface area contributed by atoms with Crippen LogP contribution in [0.5, 0.6) is 0 Å². The van der Waals surface area contributed by atoms with Crippen molar-refractivity contribution >= 4 is 15.9 Å². The van der Waals surface area contributed by atoms with Crippen molar-refractivity contribution in [2.45, 2.75) is 50.5 Å². The van der Waals surface area contributed by atoms with E-state index in [2.05, 4.69) is 30.3 Å². The normalized spacial score (nSPS) is 19.1. The number of fused-ring (bicyclic) bond motifs is 1. The van der Waals surface area contributed by atoms with Crippen molar-refractivity contribution in [2.24, 2.45) is 10.3 Å². The van der Waals surface area contributed by atoms with Crippen LogP contribution in [0.4, 0.5) is 0 Å². The summed E-state index contributed by atoms with van der Waals surface area (Å²) in [5, 5.41) is 4.57. The second-order valence-electron chi connectivity index (χ2n) is 8.81. The van der Waals surface area contributed by atoms with Crippen molar-refractivity contribution in [2.75, 3.05) is 13.1 Å². The van der Waals surface area contributed by atoms with Gasteiger partial charge < -0.3 is 4.90 Å². The lowest BCUT2D eigenvalue weighted by Crippen LogP contribution is -2.40. The smallest absolute Gasteiger partial charge is 0.285 e. The zero-order valence-corrected chi connectivity index (χ0v) is 17.8. The predicted octanol–water partition coefficient (Wildman–Crippen LogP) is 2.40. The van der Waals surface area contributed by atoms with Crippen LogP contribution >= 0.6 is 0 Å². The lowest BCUT2D eigenvalue weighted by Gasteiger charge is -2.33. The Morgan fingerprint density at radius 3 is 2.45 bits per heavy atom. The molecule has 0 saturated carbocycles. The lowest BCUT2D eigenvalue weighted by molar-refractivity contribution is 0.237. The van der Waals surface area contributed by atoms with E-state index in [9.17, 15) is 13.2 Å². The second kappa shape index (κ2) is 7.09. The van der Waals surface area contributed by atoms with Crippen LogP contribution in [-0.4, -0.2) is 42.0 Å². The summed E-state index contributed by atoms with van der Waals surface area (Å²) in [6, 6.07) is 10.4. The standard InChI is InChI=1S/C21H26N4O3S/c1-21(2,3)18-8-9-19(26)25(22-18)14-15-10-12-24(13-11-15)20-16-6-4-5-7-17(16)29(27,28)23-20/h4-9,15H,10-14H2,1-3H3. The summed E-state index contributed by atoms with van der Waals surface area (Å²) < 4.78 is 30.2. The first-order valence-electron chi connectivity index (χ1n) is 9.93. The molecule has 1 saturated heterocycles. The third-order valence-corrected chi connectivity index (χ3v) is 6.92. The van der Waals surface area contributed by atoms with Crippen molar-refractivity contribution in [3.63, 3.8) is 0 Å². The van der Waals surface area contributed by atoms with Crippen LogP contribution in [0.2, 0.25) is 0 Å². The number of aromatic nitrogens is 2. The zero-order valence-electron chi connectivity index (χ0n) is 17.0. The van der Waals surface area contributed by atoms with Crippen molar-refractivity contribution in [1.82, 2.24) is 14.7 Å². The monoisotopic (exact) mass is 414 g/mol. The van der Waals surface area contributed by atoms with Crippen molar-refractivity contribution in [3.8, 4) is 0 Å². The Labute approximate surface area is 171 Å². The van der Waals surface area contributed by atoms with Gasteiger partial charge in [-0.15, -0.1) is 4.40 Å². The molecule has 0 atom stereocenters. The molecule has 29 heavy (non-hydrogen) atoms. The molecule has 1 aromatic heterocycles. The molecule has 1 fully saturated rings. The number of hydrogen-bond donors (Lipinski definition) is 0. The van der Waals surface area contributed by atoms with Crippen molar-refractivity contribution in [1.29, 1.82) is 0 Å². The maximum absolute atomic E-state index is 12.3. The van der Waals surface area contributed by atoms with Crippen LogP contribution in [0.3, 0.4) is 0 Å². The summed E-state index contributed by atoms with van der Waals surface area (Å²) in [5.74, 6) is 0.865. The van der Waals surface area contributed by atoms with Crippen molar-refractivity contribution in [3.05, 3.63) is 58.0 Å². The van der Waals surface area contributed by atoms with E-state index < -0.39 is 10.0 Å². The van der Waals surface area contributed by atoms with E-state index in [4.69, 9.17) is 0 Å². The molecule has 4 rings (SSSR count). The molecule has 0 N–H and O–H groups in total. The molecule has 0 amide bonds. The van der Waals surface area contributed by atoms with Gasteiger partial charge in [-0.1, -0.05) is 32.9 Å². The van der Waals surface area contributed by atoms with E-state index in [0.29, 0.717) is 37.0 Å². The Morgan fingerprint density at radius 1 is 1.07 bits per heavy atom. The van der Waals surface area contributed by atoms with E-state index in [-0.39, 0.29) is 15.9 Å². The first kappa shape index (κ1) is 19.8. The average Bonchev–Trinajstić information content (AvgIpc) is 2.95. The van der Waals surface area contributed by atoms with E-state index in [1.807, 2.05) is 17.0 Å². The highest BCUT2D eigenvalue weighted by Crippen LogP contribution is 2.30. The lowest BCUT2D eigenvalue weighted by atomic mass is 9.92. The van der Waals surface area contributed by atoms with Gasteiger partial charge in [0, 0.05) is 36.7 Å². The molecule has 3 heterocycles. The maximum atomic E-state index is 12.3. The second-order valence-corrected chi connectivity index (χ2v) is 10.4. The molecule has 0 aliphatic carbocycles. The van der Waals surface area contributed by atoms with Gasteiger partial charge in [0.25, 0.3) is 15.6 Å². The first-order valence-corrected chi connectivity index (χ1v) is 11.4. The van der Waals surface area contributed by atoms with Gasteiger partial charge in [0.2, 0.25) is 0 Å². The molecule has 2 aliphatic heterocycles. The molecule has 154 valence electrons. The third kappa shape index (κ3) is 3.85. The molecule has 2 aliphatic rings. The van der Waals surface area contributed by atoms with Gasteiger partial charge >= 0.3 is 0 Å². The summed E-state index contributed by atoms with van der Waals surface area (Å²) in [6.07, 6.45) is 1.71. The third-order valence-electron chi connectivity index (χ3n) is 5.59. The van der Waals surface area contributed by atoms with Crippen molar-refractivity contribution < 1.29 is 8.42 Å². The van der Waals surface area contributed by atoms with Gasteiger partial charge in [-0.05, 0) is 37.0 Å². The highest BCUT2D eigenvalue weighted by atomic mass is 32.2. The molecule has 0 spiro atoms. The Balaban J connectivity index is 1.47. The minimum Gasteiger partial charge on any atom is -0.355 e. The van der Waals surface area contributed by atoms with Gasteiger partial charge in [-0.25, -0.2) is 4.68 Å². The largest absolute Gasteiger partial charge is 0.355 e. The molecule has 2 aromatic rings. The molecule has 0 unspecified atom stereocenters. The zero-order chi connectivity index (χ0) is 20.8. The van der Waals surface area contributed by atoms with Crippen LogP contribution in [-0.2, 0) is 22.0 Å². The summed E-state index contributed by atoms with van der Waals surface area (Å²) in [5.41, 5.74) is 1.39. The van der Waals surface area contributed by atoms with Gasteiger partial charge in [0.1, 0.15) is 4.90 Å². The van der Waals surface area contributed by atoms with Gasteiger partial charge in [0.15, 0.2) is 5.84 Å². The van der Waals surface area contributed by atoms with Crippen LogP contribution < -0.4 is 5.56 Å². The number of piperidine rings is 1. The Hall–Kier alpha value is -2.48. The molecule has 1 aromatic carbocycles. The molecule has 7 nitrogen and oxygen atoms in total. The summed E-state index contributed by atoms with van der Waals surface area (Å²) in [4.78, 5) is 14.6. The van der Waals surface area contributed by atoms with Crippen LogP contribution in [0.15, 0.2) is 50.5 Å². The van der Waals surface area contributed by atoms with Gasteiger partial charge in [-0.3, -0.25) is 4.79 Å². The first-order chi connectivity index (χ1) is 13.6. The summed E-state index contributed by atoms with van der Waals surface area (Å²) in [6.45, 7) is 8.24. The minimum atomic E-state index is -3.60. The van der Waals surface area contributed by atoms with E-state index in [0.717, 1.165) is 18.5 Å². The molecule has 8 heteroatoms. The Morgan fingerprint density at radius 2 is 1.76 bits per heavy atom. The number of amidine groups is 1. The summed E-state index contributed by atoms with van der Waals surface area (Å²) in [7, 11) is -3.60. The number of sulfonamides is 1. The van der Waals surface area contributed by atoms with Crippen LogP contribution in [0.1, 0.15) is 44.9 Å². The number of nitrogens with zero attached hydrogens (tertiary/aromatic N) is 4. The predicted molar refractivity (Wildman–Crippen MR) is 112 cm³/mol.